The van der Waals surface area contributed by atoms with Crippen LogP contribution in [0, 0.1) is 11.8 Å². The molecule has 4 aromatic rings. The summed E-state index contributed by atoms with van der Waals surface area (Å²) >= 11 is 1.35. The molecule has 0 bridgehead atoms. The van der Waals surface area contributed by atoms with Gasteiger partial charge in [0.1, 0.15) is 5.72 Å². The molecule has 1 aromatic heterocycles. The summed E-state index contributed by atoms with van der Waals surface area (Å²) in [6.45, 7) is 6.90. The highest BCUT2D eigenvalue weighted by molar-refractivity contribution is 7.89. The van der Waals surface area contributed by atoms with E-state index in [4.69, 9.17) is 0 Å². The Morgan fingerprint density at radius 1 is 0.936 bits per heavy atom. The highest BCUT2D eigenvalue weighted by Crippen LogP contribution is 2.32. The smallest absolute Gasteiger partial charge is 0.245 e. The largest absolute Gasteiger partial charge is 0.374 e. The van der Waals surface area contributed by atoms with E-state index >= 15 is 0 Å². The van der Waals surface area contributed by atoms with E-state index in [2.05, 4.69) is 20.9 Å². The van der Waals surface area contributed by atoms with Gasteiger partial charge in [0.25, 0.3) is 0 Å². The second-order valence-corrected chi connectivity index (χ2v) is 15.1. The maximum absolute atomic E-state index is 14.2. The average Bonchev–Trinajstić information content (AvgIpc) is 3.52. The van der Waals surface area contributed by atoms with Crippen molar-refractivity contribution in [3.8, 4) is 0 Å². The summed E-state index contributed by atoms with van der Waals surface area (Å²) in [6.07, 6.45) is 0.178. The summed E-state index contributed by atoms with van der Waals surface area (Å²) in [5.74, 6) is -0.612. The van der Waals surface area contributed by atoms with Gasteiger partial charge in [0.2, 0.25) is 21.8 Å². The molecule has 2 unspecified atom stereocenters. The van der Waals surface area contributed by atoms with E-state index in [-0.39, 0.29) is 67.4 Å². The number of aromatic nitrogens is 1. The number of rotatable bonds is 18. The molecule has 252 valence electrons. The Morgan fingerprint density at radius 3 is 2.30 bits per heavy atom. The number of carbonyl (C=O) groups excluding carboxylic acids is 2. The number of amides is 2. The van der Waals surface area contributed by atoms with Crippen LogP contribution in [0.25, 0.3) is 10.2 Å². The molecular weight excluding hydrogens is 635 g/mol. The summed E-state index contributed by atoms with van der Waals surface area (Å²) in [5.41, 5.74) is 2.40. The summed E-state index contributed by atoms with van der Waals surface area (Å²) in [4.78, 5) is 29.5. The zero-order chi connectivity index (χ0) is 33.9. The first-order valence-electron chi connectivity index (χ1n) is 15.9. The first kappa shape index (κ1) is 36.2. The number of benzene rings is 3. The number of fused-ring (bicyclic) bond motifs is 1. The van der Waals surface area contributed by atoms with Crippen molar-refractivity contribution in [1.29, 1.82) is 0 Å². The van der Waals surface area contributed by atoms with E-state index in [1.807, 2.05) is 81.4 Å². The SMILES string of the molecule is CC(C)CN(C(O)(CCNC(=O)CC(C)CNC(=O)CNCc1ccccc1)Cc1ccccc1)S(=O)(=O)c1ccc2ncsc2c1. The number of sulfonamides is 1. The molecule has 4 rings (SSSR count). The predicted octanol–water partition coefficient (Wildman–Crippen LogP) is 4.31. The second kappa shape index (κ2) is 16.9. The molecule has 2 amide bonds. The van der Waals surface area contributed by atoms with Gasteiger partial charge in [0.15, 0.2) is 0 Å². The van der Waals surface area contributed by atoms with Crippen LogP contribution in [0.1, 0.15) is 44.7 Å². The Balaban J connectivity index is 1.38. The molecule has 0 aliphatic carbocycles. The van der Waals surface area contributed by atoms with Crippen LogP contribution >= 0.6 is 11.3 Å². The van der Waals surface area contributed by atoms with Crippen LogP contribution < -0.4 is 16.0 Å². The average molecular weight is 680 g/mol. The minimum absolute atomic E-state index is 0.0272. The molecule has 0 saturated heterocycles. The maximum Gasteiger partial charge on any atom is 0.245 e. The Morgan fingerprint density at radius 2 is 1.62 bits per heavy atom. The van der Waals surface area contributed by atoms with Crippen LogP contribution in [0.3, 0.4) is 0 Å². The van der Waals surface area contributed by atoms with Crippen molar-refractivity contribution in [1.82, 2.24) is 25.2 Å². The minimum Gasteiger partial charge on any atom is -0.374 e. The molecule has 0 spiro atoms. The Bertz CT molecular complexity index is 1700. The van der Waals surface area contributed by atoms with E-state index in [0.717, 1.165) is 15.8 Å². The highest BCUT2D eigenvalue weighted by Gasteiger charge is 2.43. The lowest BCUT2D eigenvalue weighted by molar-refractivity contribution is -0.124. The molecule has 4 N–H and O–H groups in total. The highest BCUT2D eigenvalue weighted by atomic mass is 32.2. The number of hydrogen-bond acceptors (Lipinski definition) is 8. The van der Waals surface area contributed by atoms with E-state index in [9.17, 15) is 23.1 Å². The lowest BCUT2D eigenvalue weighted by Crippen LogP contribution is -2.55. The number of aliphatic hydroxyl groups is 1. The van der Waals surface area contributed by atoms with Crippen molar-refractivity contribution in [2.24, 2.45) is 11.8 Å². The molecule has 0 saturated carbocycles. The molecule has 2 atom stereocenters. The molecular formula is C35H45N5O5S2. The molecule has 0 aliphatic rings. The van der Waals surface area contributed by atoms with Gasteiger partial charge in [-0.05, 0) is 41.2 Å². The molecule has 47 heavy (non-hydrogen) atoms. The van der Waals surface area contributed by atoms with Crippen molar-refractivity contribution in [3.63, 3.8) is 0 Å². The van der Waals surface area contributed by atoms with Gasteiger partial charge in [-0.3, -0.25) is 9.59 Å². The molecule has 0 aliphatic heterocycles. The fraction of sp³-hybridized carbons (Fsp3) is 0.400. The third kappa shape index (κ3) is 10.7. The summed E-state index contributed by atoms with van der Waals surface area (Å²) < 4.78 is 30.3. The predicted molar refractivity (Wildman–Crippen MR) is 186 cm³/mol. The number of nitrogens with zero attached hydrogens (tertiary/aromatic N) is 2. The van der Waals surface area contributed by atoms with E-state index in [0.29, 0.717) is 18.6 Å². The van der Waals surface area contributed by atoms with Crippen LogP contribution in [0.4, 0.5) is 0 Å². The third-order valence-electron chi connectivity index (χ3n) is 7.70. The van der Waals surface area contributed by atoms with Crippen LogP contribution in [-0.2, 0) is 32.6 Å². The van der Waals surface area contributed by atoms with Crippen LogP contribution in [0.15, 0.2) is 89.3 Å². The van der Waals surface area contributed by atoms with Gasteiger partial charge in [-0.1, -0.05) is 81.4 Å². The van der Waals surface area contributed by atoms with Crippen LogP contribution in [0.2, 0.25) is 0 Å². The van der Waals surface area contributed by atoms with Crippen molar-refractivity contribution in [3.05, 3.63) is 95.5 Å². The lowest BCUT2D eigenvalue weighted by Gasteiger charge is -2.40. The van der Waals surface area contributed by atoms with Crippen molar-refractivity contribution in [2.45, 2.75) is 57.2 Å². The van der Waals surface area contributed by atoms with Gasteiger partial charge in [-0.15, -0.1) is 11.3 Å². The fourth-order valence-electron chi connectivity index (χ4n) is 5.30. The Hall–Kier alpha value is -3.68. The first-order valence-corrected chi connectivity index (χ1v) is 18.2. The van der Waals surface area contributed by atoms with Crippen LogP contribution in [0.5, 0.6) is 0 Å². The fourth-order valence-corrected chi connectivity index (χ4v) is 7.95. The van der Waals surface area contributed by atoms with Crippen molar-refractivity contribution in [2.75, 3.05) is 26.2 Å². The van der Waals surface area contributed by atoms with Crippen LogP contribution in [-0.4, -0.2) is 66.5 Å². The summed E-state index contributed by atoms with van der Waals surface area (Å²) in [7, 11) is -4.15. The number of nitrogens with one attached hydrogen (secondary N) is 3. The lowest BCUT2D eigenvalue weighted by atomic mass is 9.98. The molecule has 3 aromatic carbocycles. The number of thiazole rings is 1. The Labute approximate surface area is 281 Å². The van der Waals surface area contributed by atoms with Gasteiger partial charge in [0.05, 0.1) is 27.2 Å². The Kier molecular flexibility index (Phi) is 13.0. The summed E-state index contributed by atoms with van der Waals surface area (Å²) in [5, 5.41) is 21.1. The number of carbonyl (C=O) groups is 2. The molecule has 10 nitrogen and oxygen atoms in total. The van der Waals surface area contributed by atoms with Crippen molar-refractivity contribution < 1.29 is 23.1 Å². The maximum atomic E-state index is 14.2. The quantitative estimate of drug-likeness (QED) is 0.115. The molecule has 12 heteroatoms. The zero-order valence-corrected chi connectivity index (χ0v) is 28.8. The van der Waals surface area contributed by atoms with Gasteiger partial charge in [-0.25, -0.2) is 13.4 Å². The van der Waals surface area contributed by atoms with E-state index in [1.165, 1.54) is 21.7 Å². The normalized spacial score (nSPS) is 13.8. The van der Waals surface area contributed by atoms with Gasteiger partial charge >= 0.3 is 0 Å². The number of hydrogen-bond donors (Lipinski definition) is 4. The molecule has 1 heterocycles. The monoisotopic (exact) mass is 679 g/mol. The second-order valence-electron chi connectivity index (χ2n) is 12.4. The van der Waals surface area contributed by atoms with E-state index < -0.39 is 15.7 Å². The first-order chi connectivity index (χ1) is 22.5. The topological polar surface area (TPSA) is 141 Å². The standard InChI is InChI=1S/C35H45N5O5S2/c1-26(2)24-40(47(44,45)30-14-15-31-32(19-30)46-25-39-31)35(43,20-28-10-6-4-7-11-28)16-17-37-33(41)18-27(3)21-38-34(42)23-36-22-29-12-8-5-9-13-29/h4-15,19,25-27,36,43H,16-18,20-24H2,1-3H3,(H,37,41)(H,38,42). The molecule has 0 fully saturated rings. The third-order valence-corrected chi connectivity index (χ3v) is 10.4. The van der Waals surface area contributed by atoms with Gasteiger partial charge in [0, 0.05) is 45.4 Å². The zero-order valence-electron chi connectivity index (χ0n) is 27.2. The summed E-state index contributed by atoms with van der Waals surface area (Å²) in [6, 6.07) is 23.8. The molecule has 0 radical (unpaired) electrons. The van der Waals surface area contributed by atoms with E-state index in [1.54, 1.807) is 17.6 Å². The van der Waals surface area contributed by atoms with Crippen molar-refractivity contribution >= 4 is 43.4 Å². The van der Waals surface area contributed by atoms with Gasteiger partial charge < -0.3 is 21.1 Å². The minimum atomic E-state index is -4.15. The van der Waals surface area contributed by atoms with Gasteiger partial charge in [-0.2, -0.15) is 4.31 Å².